The number of methoxy groups -OCH3 is 1. The summed E-state index contributed by atoms with van der Waals surface area (Å²) < 4.78 is 12.2. The number of imidazole rings is 1. The van der Waals surface area contributed by atoms with Gasteiger partial charge in [0.05, 0.1) is 12.9 Å². The largest absolute Gasteiger partial charge is 0.365 e. The number of aliphatic hydroxyl groups is 2. The highest BCUT2D eigenvalue weighted by Crippen LogP contribution is 2.41. The fraction of sp³-hybridized carbons (Fsp3) is 0.647. The minimum absolute atomic E-state index is 0.0138. The van der Waals surface area contributed by atoms with E-state index in [-0.39, 0.29) is 11.9 Å². The molecule has 4 rings (SSSR count). The number of amides is 1. The second-order valence-electron chi connectivity index (χ2n) is 7.14. The van der Waals surface area contributed by atoms with Crippen LogP contribution < -0.4 is 10.6 Å². The normalized spacial score (nSPS) is 25.9. The molecule has 2 aromatic rings. The number of aryl methyl sites for hydroxylation is 1. The summed E-state index contributed by atoms with van der Waals surface area (Å²) in [6, 6.07) is -0.0677. The van der Waals surface area contributed by atoms with Crippen molar-refractivity contribution in [1.82, 2.24) is 24.8 Å². The topological polar surface area (TPSA) is 144 Å². The van der Waals surface area contributed by atoms with E-state index >= 15 is 0 Å². The Morgan fingerprint density at radius 3 is 2.96 bits per heavy atom. The molecule has 0 spiro atoms. The molecule has 2 unspecified atom stereocenters. The van der Waals surface area contributed by atoms with Crippen molar-refractivity contribution in [1.29, 1.82) is 0 Å². The molecule has 0 saturated carbocycles. The SMILES string of the molecule is COC(O)(O)C1(n2cnc3c(NC4CCNC(=O)C4)nc(C)nc32)CCCO1. The maximum absolute atomic E-state index is 11.7. The number of fused-ring (bicyclic) bond motifs is 1. The van der Waals surface area contributed by atoms with Crippen molar-refractivity contribution < 1.29 is 24.5 Å². The van der Waals surface area contributed by atoms with Gasteiger partial charge in [0.25, 0.3) is 0 Å². The second kappa shape index (κ2) is 6.92. The number of hydrogen-bond acceptors (Lipinski definition) is 9. The van der Waals surface area contributed by atoms with E-state index in [1.54, 1.807) is 6.92 Å². The lowest BCUT2D eigenvalue weighted by atomic mass is 10.1. The van der Waals surface area contributed by atoms with Crippen molar-refractivity contribution in [2.24, 2.45) is 0 Å². The molecular formula is C17H24N6O5. The molecule has 2 atom stereocenters. The second-order valence-corrected chi connectivity index (χ2v) is 7.14. The van der Waals surface area contributed by atoms with Crippen LogP contribution in [0.1, 0.15) is 31.5 Å². The van der Waals surface area contributed by atoms with Gasteiger partial charge >= 0.3 is 5.97 Å². The van der Waals surface area contributed by atoms with Crippen LogP contribution in [0.4, 0.5) is 5.82 Å². The van der Waals surface area contributed by atoms with Crippen molar-refractivity contribution in [2.75, 3.05) is 25.6 Å². The van der Waals surface area contributed by atoms with E-state index in [0.717, 1.165) is 6.42 Å². The molecular weight excluding hydrogens is 368 g/mol. The minimum atomic E-state index is -2.56. The Bertz CT molecular complexity index is 892. The van der Waals surface area contributed by atoms with Crippen LogP contribution in [0.5, 0.6) is 0 Å². The number of piperidine rings is 1. The van der Waals surface area contributed by atoms with E-state index in [9.17, 15) is 15.0 Å². The van der Waals surface area contributed by atoms with E-state index in [2.05, 4.69) is 25.6 Å². The van der Waals surface area contributed by atoms with E-state index in [4.69, 9.17) is 9.47 Å². The smallest absolute Gasteiger partial charge is 0.329 e. The van der Waals surface area contributed by atoms with Crippen molar-refractivity contribution in [2.45, 2.75) is 50.3 Å². The molecule has 11 nitrogen and oxygen atoms in total. The number of aromatic nitrogens is 4. The molecule has 28 heavy (non-hydrogen) atoms. The van der Waals surface area contributed by atoms with E-state index in [1.165, 1.54) is 18.0 Å². The highest BCUT2D eigenvalue weighted by atomic mass is 16.8. The van der Waals surface area contributed by atoms with Gasteiger partial charge in [-0.2, -0.15) is 0 Å². The van der Waals surface area contributed by atoms with E-state index in [0.29, 0.717) is 55.2 Å². The summed E-state index contributed by atoms with van der Waals surface area (Å²) in [6.07, 6.45) is 3.50. The van der Waals surface area contributed by atoms with Gasteiger partial charge in [-0.15, -0.1) is 0 Å². The van der Waals surface area contributed by atoms with Gasteiger partial charge in [0.15, 0.2) is 17.0 Å². The monoisotopic (exact) mass is 392 g/mol. The maximum atomic E-state index is 11.7. The summed E-state index contributed by atoms with van der Waals surface area (Å²) in [5.41, 5.74) is -0.723. The Kier molecular flexibility index (Phi) is 4.70. The highest BCUT2D eigenvalue weighted by molar-refractivity contribution is 5.84. The van der Waals surface area contributed by atoms with E-state index in [1.807, 2.05) is 0 Å². The number of carbonyl (C=O) groups is 1. The number of hydrogen-bond donors (Lipinski definition) is 4. The molecule has 4 heterocycles. The molecule has 11 heteroatoms. The van der Waals surface area contributed by atoms with Gasteiger partial charge in [0.1, 0.15) is 5.82 Å². The molecule has 2 fully saturated rings. The zero-order valence-corrected chi connectivity index (χ0v) is 15.8. The zero-order valence-electron chi connectivity index (χ0n) is 15.8. The fourth-order valence-electron chi connectivity index (χ4n) is 3.86. The van der Waals surface area contributed by atoms with Gasteiger partial charge < -0.3 is 30.3 Å². The van der Waals surface area contributed by atoms with Gasteiger partial charge in [-0.25, -0.2) is 15.0 Å². The Labute approximate surface area is 161 Å². The van der Waals surface area contributed by atoms with Crippen molar-refractivity contribution in [3.63, 3.8) is 0 Å². The first kappa shape index (κ1) is 19.0. The minimum Gasteiger partial charge on any atom is -0.365 e. The number of nitrogens with zero attached hydrogens (tertiary/aromatic N) is 4. The number of carbonyl (C=O) groups excluding carboxylic acids is 1. The first-order chi connectivity index (χ1) is 13.4. The third-order valence-corrected chi connectivity index (χ3v) is 5.28. The zero-order chi connectivity index (χ0) is 19.9. The molecule has 2 aromatic heterocycles. The molecule has 2 aliphatic rings. The molecule has 2 saturated heterocycles. The van der Waals surface area contributed by atoms with Crippen LogP contribution in [0, 0.1) is 6.92 Å². The van der Waals surface area contributed by atoms with Gasteiger partial charge in [0, 0.05) is 32.5 Å². The average Bonchev–Trinajstić information content (AvgIpc) is 3.29. The lowest BCUT2D eigenvalue weighted by Crippen LogP contribution is -2.56. The van der Waals surface area contributed by atoms with Gasteiger partial charge in [-0.1, -0.05) is 0 Å². The molecule has 4 N–H and O–H groups in total. The molecule has 1 amide bonds. The van der Waals surface area contributed by atoms with Crippen LogP contribution in [0.3, 0.4) is 0 Å². The highest BCUT2D eigenvalue weighted by Gasteiger charge is 2.56. The lowest BCUT2D eigenvalue weighted by Gasteiger charge is -2.39. The van der Waals surface area contributed by atoms with Crippen molar-refractivity contribution >= 4 is 22.9 Å². The molecule has 0 radical (unpaired) electrons. The third kappa shape index (κ3) is 3.00. The Morgan fingerprint density at radius 2 is 2.29 bits per heavy atom. The van der Waals surface area contributed by atoms with Gasteiger partial charge in [0.2, 0.25) is 11.6 Å². The predicted molar refractivity (Wildman–Crippen MR) is 97.1 cm³/mol. The fourth-order valence-corrected chi connectivity index (χ4v) is 3.86. The van der Waals surface area contributed by atoms with Crippen LogP contribution in [0.15, 0.2) is 6.33 Å². The summed E-state index contributed by atoms with van der Waals surface area (Å²) in [6.45, 7) is 2.68. The van der Waals surface area contributed by atoms with Crippen molar-refractivity contribution in [3.8, 4) is 0 Å². The van der Waals surface area contributed by atoms with E-state index < -0.39 is 11.7 Å². The number of ether oxygens (including phenoxy) is 2. The molecule has 0 aromatic carbocycles. The van der Waals surface area contributed by atoms with Crippen molar-refractivity contribution in [3.05, 3.63) is 12.2 Å². The number of nitrogens with one attached hydrogen (secondary N) is 2. The quantitative estimate of drug-likeness (QED) is 0.498. The molecule has 0 aliphatic carbocycles. The third-order valence-electron chi connectivity index (χ3n) is 5.28. The van der Waals surface area contributed by atoms with Gasteiger partial charge in [-0.3, -0.25) is 9.36 Å². The van der Waals surface area contributed by atoms with Crippen LogP contribution >= 0.6 is 0 Å². The van der Waals surface area contributed by atoms with Gasteiger partial charge in [-0.05, 0) is 19.8 Å². The first-order valence-corrected chi connectivity index (χ1v) is 9.25. The Morgan fingerprint density at radius 1 is 1.46 bits per heavy atom. The predicted octanol–water partition coefficient (Wildman–Crippen LogP) is -0.427. The summed E-state index contributed by atoms with van der Waals surface area (Å²) in [4.78, 5) is 25.0. The number of rotatable bonds is 5. The van der Waals surface area contributed by atoms with Crippen LogP contribution in [-0.2, 0) is 20.0 Å². The lowest BCUT2D eigenvalue weighted by molar-refractivity contribution is -0.425. The maximum Gasteiger partial charge on any atom is 0.329 e. The average molecular weight is 392 g/mol. The molecule has 2 aliphatic heterocycles. The summed E-state index contributed by atoms with van der Waals surface area (Å²) in [5, 5.41) is 27.1. The first-order valence-electron chi connectivity index (χ1n) is 9.25. The number of anilines is 1. The molecule has 152 valence electrons. The van der Waals surface area contributed by atoms with Crippen LogP contribution in [0.2, 0.25) is 0 Å². The van der Waals surface area contributed by atoms with Crippen LogP contribution in [-0.4, -0.2) is 67.9 Å². The summed E-state index contributed by atoms with van der Waals surface area (Å²) in [5.74, 6) is -1.61. The standard InChI is InChI=1S/C17H24N6O5/c1-10-20-14(22-11-4-6-18-12(24)8-11)13-15(21-10)23(9-19-13)16(5-3-7-28-16)17(25,26)27-2/h9,11,25-26H,3-8H2,1-2H3,(H,18,24)(H,20,21,22). The Balaban J connectivity index is 1.78. The summed E-state index contributed by atoms with van der Waals surface area (Å²) >= 11 is 0. The molecule has 0 bridgehead atoms. The summed E-state index contributed by atoms with van der Waals surface area (Å²) in [7, 11) is 1.20. The Hall–Kier alpha value is -2.34. The van der Waals surface area contributed by atoms with Crippen LogP contribution in [0.25, 0.3) is 11.2 Å².